The molecule has 0 aliphatic heterocycles. The van der Waals surface area contributed by atoms with Gasteiger partial charge >= 0.3 is 0 Å². The minimum atomic E-state index is 0. The van der Waals surface area contributed by atoms with Crippen molar-refractivity contribution in [3.63, 3.8) is 0 Å². The molecule has 0 amide bonds. The van der Waals surface area contributed by atoms with E-state index in [1.54, 1.807) is 0 Å². The summed E-state index contributed by atoms with van der Waals surface area (Å²) < 4.78 is 2.30. The first-order valence-corrected chi connectivity index (χ1v) is 6.37. The second-order valence-electron chi connectivity index (χ2n) is 5.23. The number of hydrogen-bond acceptors (Lipinski definition) is 0. The van der Waals surface area contributed by atoms with Gasteiger partial charge in [-0.2, -0.15) is 4.57 Å². The molecular weight excluding hydrogens is 345 g/mol. The Labute approximate surface area is 131 Å². The Morgan fingerprint density at radius 3 is 1.58 bits per heavy atom. The Bertz CT molecular complexity index is 712. The summed E-state index contributed by atoms with van der Waals surface area (Å²) in [6, 6.07) is 13.4. The molecule has 3 aromatic rings. The number of aromatic nitrogens is 1. The summed E-state index contributed by atoms with van der Waals surface area (Å²) in [5, 5.41) is 2.69. The summed E-state index contributed by atoms with van der Waals surface area (Å²) in [5.74, 6) is 0. The second kappa shape index (κ2) is 5.08. The van der Waals surface area contributed by atoms with Gasteiger partial charge in [-0.05, 0) is 49.6 Å². The van der Waals surface area contributed by atoms with Crippen molar-refractivity contribution in [2.75, 3.05) is 0 Å². The van der Waals surface area contributed by atoms with E-state index in [-0.39, 0.29) is 24.0 Å². The van der Waals surface area contributed by atoms with Gasteiger partial charge < -0.3 is 24.0 Å². The molecule has 0 aliphatic rings. The van der Waals surface area contributed by atoms with Gasteiger partial charge in [0.2, 0.25) is 11.0 Å². The fourth-order valence-corrected chi connectivity index (χ4v) is 2.75. The lowest BCUT2D eigenvalue weighted by molar-refractivity contribution is -0.617. The number of aryl methyl sites for hydroxylation is 4. The lowest BCUT2D eigenvalue weighted by atomic mass is 10.0. The lowest BCUT2D eigenvalue weighted by Gasteiger charge is -2.07. The van der Waals surface area contributed by atoms with Crippen molar-refractivity contribution < 1.29 is 28.5 Å². The number of hydrogen-bond donors (Lipinski definition) is 0. The van der Waals surface area contributed by atoms with Crippen LogP contribution in [0.15, 0.2) is 36.4 Å². The third kappa shape index (κ3) is 2.22. The van der Waals surface area contributed by atoms with E-state index < -0.39 is 0 Å². The van der Waals surface area contributed by atoms with Crippen LogP contribution in [0.1, 0.15) is 16.7 Å². The highest BCUT2D eigenvalue weighted by molar-refractivity contribution is 5.93. The molecular formula is C17H18IN. The fraction of sp³-hybridized carbons (Fsp3) is 0.235. The summed E-state index contributed by atoms with van der Waals surface area (Å²) in [5.41, 5.74) is 6.61. The Balaban J connectivity index is 0.00000133. The third-order valence-electron chi connectivity index (χ3n) is 3.84. The Morgan fingerprint density at radius 1 is 0.737 bits per heavy atom. The molecule has 0 N–H and O–H groups in total. The van der Waals surface area contributed by atoms with Gasteiger partial charge in [0, 0.05) is 22.9 Å². The van der Waals surface area contributed by atoms with Gasteiger partial charge in [0.05, 0.1) is 0 Å². The Hall–Kier alpha value is -1.16. The highest BCUT2D eigenvalue weighted by atomic mass is 127. The highest BCUT2D eigenvalue weighted by Gasteiger charge is 2.15. The topological polar surface area (TPSA) is 3.88 Å². The predicted molar refractivity (Wildman–Crippen MR) is 76.8 cm³/mol. The summed E-state index contributed by atoms with van der Waals surface area (Å²) >= 11 is 0. The van der Waals surface area contributed by atoms with Crippen LogP contribution in [-0.4, -0.2) is 0 Å². The SMILES string of the molecule is Cc1ccc2c(C)c3ccc(C)cc3[n+](C)c2c1.[I-]. The minimum absolute atomic E-state index is 0. The van der Waals surface area contributed by atoms with Crippen molar-refractivity contribution in [2.24, 2.45) is 7.05 Å². The van der Waals surface area contributed by atoms with Gasteiger partial charge in [-0.15, -0.1) is 0 Å². The van der Waals surface area contributed by atoms with Gasteiger partial charge in [-0.3, -0.25) is 0 Å². The van der Waals surface area contributed by atoms with Crippen molar-refractivity contribution in [2.45, 2.75) is 20.8 Å². The standard InChI is InChI=1S/C17H18N.HI/c1-11-5-7-14-13(3)15-8-6-12(2)10-17(15)18(4)16(14)9-11;/h5-10H,1-4H3;1H/q+1;/p-1. The maximum absolute atomic E-state index is 2.30. The van der Waals surface area contributed by atoms with Crippen LogP contribution < -0.4 is 28.5 Å². The van der Waals surface area contributed by atoms with E-state index in [1.165, 1.54) is 38.5 Å². The number of nitrogens with zero attached hydrogens (tertiary/aromatic N) is 1. The van der Waals surface area contributed by atoms with E-state index >= 15 is 0 Å². The molecule has 19 heavy (non-hydrogen) atoms. The number of fused-ring (bicyclic) bond motifs is 2. The van der Waals surface area contributed by atoms with Crippen LogP contribution in [0.5, 0.6) is 0 Å². The molecule has 1 nitrogen and oxygen atoms in total. The maximum Gasteiger partial charge on any atom is 0.213 e. The first-order chi connectivity index (χ1) is 8.58. The van der Waals surface area contributed by atoms with Crippen LogP contribution in [0.25, 0.3) is 21.8 Å². The molecule has 2 heteroatoms. The van der Waals surface area contributed by atoms with Crippen molar-refractivity contribution in [3.05, 3.63) is 53.1 Å². The summed E-state index contributed by atoms with van der Waals surface area (Å²) in [4.78, 5) is 0. The molecule has 0 fully saturated rings. The Kier molecular flexibility index (Phi) is 3.81. The molecule has 0 aliphatic carbocycles. The number of pyridine rings is 1. The van der Waals surface area contributed by atoms with Crippen LogP contribution in [0, 0.1) is 20.8 Å². The zero-order valence-corrected chi connectivity index (χ0v) is 13.9. The van der Waals surface area contributed by atoms with E-state index in [9.17, 15) is 0 Å². The maximum atomic E-state index is 2.30. The average molecular weight is 363 g/mol. The first kappa shape index (κ1) is 14.3. The van der Waals surface area contributed by atoms with Crippen LogP contribution >= 0.6 is 0 Å². The van der Waals surface area contributed by atoms with E-state index in [0.29, 0.717) is 0 Å². The molecule has 0 radical (unpaired) electrons. The van der Waals surface area contributed by atoms with Crippen molar-refractivity contribution >= 4 is 21.8 Å². The van der Waals surface area contributed by atoms with E-state index in [1.807, 2.05) is 0 Å². The second-order valence-corrected chi connectivity index (χ2v) is 5.23. The molecule has 1 heterocycles. The molecule has 0 saturated heterocycles. The molecule has 3 rings (SSSR count). The summed E-state index contributed by atoms with van der Waals surface area (Å²) in [6.45, 7) is 6.51. The van der Waals surface area contributed by atoms with Crippen LogP contribution in [-0.2, 0) is 7.05 Å². The van der Waals surface area contributed by atoms with Crippen LogP contribution in [0.2, 0.25) is 0 Å². The normalized spacial score (nSPS) is 10.7. The molecule has 98 valence electrons. The van der Waals surface area contributed by atoms with E-state index in [4.69, 9.17) is 0 Å². The largest absolute Gasteiger partial charge is 1.00 e. The Morgan fingerprint density at radius 2 is 1.16 bits per heavy atom. The molecule has 0 saturated carbocycles. The van der Waals surface area contributed by atoms with Crippen LogP contribution in [0.3, 0.4) is 0 Å². The predicted octanol–water partition coefficient (Wildman–Crippen LogP) is 0.747. The number of rotatable bonds is 0. The van der Waals surface area contributed by atoms with Crippen molar-refractivity contribution in [3.8, 4) is 0 Å². The smallest absolute Gasteiger partial charge is 0.213 e. The first-order valence-electron chi connectivity index (χ1n) is 6.37. The highest BCUT2D eigenvalue weighted by Crippen LogP contribution is 2.24. The van der Waals surface area contributed by atoms with Gasteiger partial charge in [-0.25, -0.2) is 0 Å². The quantitative estimate of drug-likeness (QED) is 0.315. The molecule has 0 spiro atoms. The van der Waals surface area contributed by atoms with Crippen molar-refractivity contribution in [1.82, 2.24) is 0 Å². The van der Waals surface area contributed by atoms with Gasteiger partial charge in [0.25, 0.3) is 0 Å². The average Bonchev–Trinajstić information content (AvgIpc) is 2.35. The molecule has 0 atom stereocenters. The zero-order chi connectivity index (χ0) is 12.9. The van der Waals surface area contributed by atoms with Crippen LogP contribution in [0.4, 0.5) is 0 Å². The third-order valence-corrected chi connectivity index (χ3v) is 3.84. The lowest BCUT2D eigenvalue weighted by Crippen LogP contribution is -3.00. The molecule has 1 aromatic heterocycles. The molecule has 0 bridgehead atoms. The molecule has 0 unspecified atom stereocenters. The van der Waals surface area contributed by atoms with Gasteiger partial charge in [0.15, 0.2) is 0 Å². The fourth-order valence-electron chi connectivity index (χ4n) is 2.75. The number of halogens is 1. The zero-order valence-electron chi connectivity index (χ0n) is 11.8. The van der Waals surface area contributed by atoms with Crippen molar-refractivity contribution in [1.29, 1.82) is 0 Å². The van der Waals surface area contributed by atoms with E-state index in [2.05, 4.69) is 68.8 Å². The summed E-state index contributed by atoms with van der Waals surface area (Å²) in [7, 11) is 2.16. The van der Waals surface area contributed by atoms with Gasteiger partial charge in [-0.1, -0.05) is 12.1 Å². The monoisotopic (exact) mass is 363 g/mol. The molecule has 2 aromatic carbocycles. The van der Waals surface area contributed by atoms with E-state index in [0.717, 1.165) is 0 Å². The summed E-state index contributed by atoms with van der Waals surface area (Å²) in [6.07, 6.45) is 0. The minimum Gasteiger partial charge on any atom is -1.00 e. The number of benzene rings is 2. The van der Waals surface area contributed by atoms with Gasteiger partial charge in [0.1, 0.15) is 7.05 Å².